The molecule has 2 aliphatic rings. The number of nitrogens with one attached hydrogen (secondary N) is 1. The van der Waals surface area contributed by atoms with Crippen LogP contribution in [0.3, 0.4) is 0 Å². The average molecular weight is 601 g/mol. The highest BCUT2D eigenvalue weighted by Gasteiger charge is 2.39. The number of hydrogen-bond acceptors (Lipinski definition) is 8. The van der Waals surface area contributed by atoms with E-state index in [1.54, 1.807) is 31.5 Å². The Hall–Kier alpha value is -4.74. The maximum absolute atomic E-state index is 15.3. The van der Waals surface area contributed by atoms with Crippen molar-refractivity contribution in [3.05, 3.63) is 84.3 Å². The van der Waals surface area contributed by atoms with Crippen LogP contribution in [0.25, 0.3) is 10.9 Å². The molecule has 1 unspecified atom stereocenters. The first-order valence-electron chi connectivity index (χ1n) is 14.6. The largest absolute Gasteiger partial charge is 0.491 e. The molecule has 11 heteroatoms. The number of amides is 3. The Bertz CT molecular complexity index is 1650. The molecule has 6 rings (SSSR count). The molecule has 0 spiro atoms. The van der Waals surface area contributed by atoms with E-state index in [4.69, 9.17) is 18.9 Å². The van der Waals surface area contributed by atoms with E-state index in [-0.39, 0.29) is 11.4 Å². The molecule has 3 heterocycles. The van der Waals surface area contributed by atoms with E-state index < -0.39 is 23.8 Å². The number of halogens is 1. The summed E-state index contributed by atoms with van der Waals surface area (Å²) in [5.74, 6) is 0.123. The van der Waals surface area contributed by atoms with Gasteiger partial charge in [-0.1, -0.05) is 30.3 Å². The highest BCUT2D eigenvalue weighted by Crippen LogP contribution is 2.40. The molecule has 3 amide bonds. The number of carbonyl (C=O) groups excluding carboxylic acids is 2. The van der Waals surface area contributed by atoms with Gasteiger partial charge in [-0.15, -0.1) is 0 Å². The fourth-order valence-corrected chi connectivity index (χ4v) is 5.44. The summed E-state index contributed by atoms with van der Waals surface area (Å²) in [4.78, 5) is 33.5. The fourth-order valence-electron chi connectivity index (χ4n) is 5.44. The number of urea groups is 1. The first-order valence-corrected chi connectivity index (χ1v) is 14.6. The lowest BCUT2D eigenvalue weighted by Crippen LogP contribution is -2.37. The average Bonchev–Trinajstić information content (AvgIpc) is 3.32. The van der Waals surface area contributed by atoms with Gasteiger partial charge in [0.1, 0.15) is 17.3 Å². The van der Waals surface area contributed by atoms with Crippen LogP contribution in [-0.2, 0) is 16.0 Å². The Balaban J connectivity index is 1.15. The lowest BCUT2D eigenvalue weighted by molar-refractivity contribution is -0.118. The van der Waals surface area contributed by atoms with E-state index in [2.05, 4.69) is 15.2 Å². The topological polar surface area (TPSA) is 102 Å². The second-order valence-electron chi connectivity index (χ2n) is 10.5. The van der Waals surface area contributed by atoms with E-state index >= 15 is 4.39 Å². The summed E-state index contributed by atoms with van der Waals surface area (Å²) in [5.41, 5.74) is 1.53. The van der Waals surface area contributed by atoms with Crippen molar-refractivity contribution in [3.63, 3.8) is 0 Å². The maximum Gasteiger partial charge on any atom is 0.329 e. The summed E-state index contributed by atoms with van der Waals surface area (Å²) < 4.78 is 38.4. The van der Waals surface area contributed by atoms with E-state index in [0.29, 0.717) is 41.2 Å². The molecule has 0 saturated carbocycles. The molecule has 3 aromatic carbocycles. The number of pyridine rings is 1. The van der Waals surface area contributed by atoms with Crippen molar-refractivity contribution in [1.29, 1.82) is 0 Å². The van der Waals surface area contributed by atoms with Crippen molar-refractivity contribution in [3.8, 4) is 23.0 Å². The zero-order valence-corrected chi connectivity index (χ0v) is 24.3. The first-order chi connectivity index (χ1) is 21.5. The second-order valence-corrected chi connectivity index (χ2v) is 10.5. The summed E-state index contributed by atoms with van der Waals surface area (Å²) in [5, 5.41) is 3.29. The van der Waals surface area contributed by atoms with Gasteiger partial charge < -0.3 is 24.3 Å². The number of benzene rings is 3. The Morgan fingerprint density at radius 1 is 1.00 bits per heavy atom. The normalized spacial score (nSPS) is 17.1. The molecule has 44 heavy (non-hydrogen) atoms. The zero-order chi connectivity index (χ0) is 30.5. The standard InChI is InChI=1S/C33H33FN4O6/c1-41-31-29(43-17-5-14-37-15-18-42-19-16-37)11-9-24-27(12-13-35-30(24)31)44-28-10-8-23(21-25(28)34)38-32(39)26(36-33(38)40)20-22-6-3-2-4-7-22/h2-4,6-13,21,26H,5,14-20H2,1H3,(H,36,40). The molecule has 1 atom stereocenters. The van der Waals surface area contributed by atoms with Crippen molar-refractivity contribution in [2.24, 2.45) is 0 Å². The number of methoxy groups -OCH3 is 1. The number of carbonyl (C=O) groups is 2. The Morgan fingerprint density at radius 2 is 1.80 bits per heavy atom. The van der Waals surface area contributed by atoms with E-state index in [1.165, 1.54) is 12.1 Å². The van der Waals surface area contributed by atoms with Gasteiger partial charge in [-0.3, -0.25) is 14.7 Å². The molecule has 1 aromatic heterocycles. The van der Waals surface area contributed by atoms with Gasteiger partial charge in [0.2, 0.25) is 0 Å². The molecule has 2 aliphatic heterocycles. The zero-order valence-electron chi connectivity index (χ0n) is 24.3. The van der Waals surface area contributed by atoms with Gasteiger partial charge in [-0.25, -0.2) is 14.1 Å². The number of ether oxygens (including phenoxy) is 4. The molecule has 0 aliphatic carbocycles. The summed E-state index contributed by atoms with van der Waals surface area (Å²) in [6.45, 7) is 4.80. The monoisotopic (exact) mass is 600 g/mol. The fraction of sp³-hybridized carbons (Fsp3) is 0.303. The maximum atomic E-state index is 15.3. The van der Waals surface area contributed by atoms with Crippen LogP contribution in [0.4, 0.5) is 14.9 Å². The van der Waals surface area contributed by atoms with Crippen molar-refractivity contribution < 1.29 is 32.9 Å². The summed E-state index contributed by atoms with van der Waals surface area (Å²) in [7, 11) is 1.54. The first kappa shape index (κ1) is 29.3. The van der Waals surface area contributed by atoms with Crippen LogP contribution >= 0.6 is 0 Å². The van der Waals surface area contributed by atoms with Gasteiger partial charge in [0.05, 0.1) is 32.6 Å². The molecule has 0 radical (unpaired) electrons. The highest BCUT2D eigenvalue weighted by molar-refractivity contribution is 6.21. The molecular weight excluding hydrogens is 567 g/mol. The van der Waals surface area contributed by atoms with Crippen LogP contribution < -0.4 is 24.4 Å². The molecule has 0 bridgehead atoms. The lowest BCUT2D eigenvalue weighted by atomic mass is 10.1. The van der Waals surface area contributed by atoms with Crippen LogP contribution in [0.15, 0.2) is 72.9 Å². The van der Waals surface area contributed by atoms with Crippen LogP contribution in [0, 0.1) is 5.82 Å². The molecular formula is C33H33FN4O6. The molecule has 2 saturated heterocycles. The molecule has 228 valence electrons. The van der Waals surface area contributed by atoms with Crippen molar-refractivity contribution in [1.82, 2.24) is 15.2 Å². The van der Waals surface area contributed by atoms with Gasteiger partial charge in [0.25, 0.3) is 5.91 Å². The van der Waals surface area contributed by atoms with Crippen LogP contribution in [0.1, 0.15) is 12.0 Å². The van der Waals surface area contributed by atoms with Crippen molar-refractivity contribution >= 4 is 28.5 Å². The second kappa shape index (κ2) is 13.3. The number of anilines is 1. The SMILES string of the molecule is COc1c(OCCCN2CCOCC2)ccc2c(Oc3ccc(N4C(=O)NC(Cc5ccccc5)C4=O)cc3F)ccnc12. The Morgan fingerprint density at radius 3 is 2.57 bits per heavy atom. The third-order valence-corrected chi connectivity index (χ3v) is 7.67. The quantitative estimate of drug-likeness (QED) is 0.191. The number of fused-ring (bicyclic) bond motifs is 1. The number of morpholine rings is 1. The Kier molecular flexibility index (Phi) is 8.85. The molecule has 10 nitrogen and oxygen atoms in total. The van der Waals surface area contributed by atoms with Gasteiger partial charge in [0.15, 0.2) is 23.1 Å². The summed E-state index contributed by atoms with van der Waals surface area (Å²) >= 11 is 0. The highest BCUT2D eigenvalue weighted by atomic mass is 19.1. The third-order valence-electron chi connectivity index (χ3n) is 7.67. The molecule has 4 aromatic rings. The minimum absolute atomic E-state index is 0.0726. The number of nitrogens with zero attached hydrogens (tertiary/aromatic N) is 3. The van der Waals surface area contributed by atoms with Gasteiger partial charge in [-0.2, -0.15) is 0 Å². The predicted octanol–water partition coefficient (Wildman–Crippen LogP) is 4.94. The van der Waals surface area contributed by atoms with Gasteiger partial charge in [0, 0.05) is 43.7 Å². The van der Waals surface area contributed by atoms with E-state index in [1.807, 2.05) is 30.3 Å². The lowest BCUT2D eigenvalue weighted by Gasteiger charge is -2.26. The van der Waals surface area contributed by atoms with Crippen molar-refractivity contribution in [2.45, 2.75) is 18.9 Å². The number of rotatable bonds is 11. The summed E-state index contributed by atoms with van der Waals surface area (Å²) in [6.07, 6.45) is 2.74. The minimum Gasteiger partial charge on any atom is -0.491 e. The minimum atomic E-state index is -0.735. The molecule has 1 N–H and O–H groups in total. The van der Waals surface area contributed by atoms with Gasteiger partial charge in [-0.05, 0) is 42.3 Å². The number of aromatic nitrogens is 1. The van der Waals surface area contributed by atoms with Crippen molar-refractivity contribution in [2.75, 3.05) is 51.5 Å². The predicted molar refractivity (Wildman–Crippen MR) is 162 cm³/mol. The van der Waals surface area contributed by atoms with Crippen LogP contribution in [0.5, 0.6) is 23.0 Å². The number of imide groups is 1. The number of hydrogen-bond donors (Lipinski definition) is 1. The van der Waals surface area contributed by atoms with Crippen LogP contribution in [0.2, 0.25) is 0 Å². The Labute approximate surface area is 254 Å². The molecule has 2 fully saturated rings. The van der Waals surface area contributed by atoms with E-state index in [9.17, 15) is 9.59 Å². The smallest absolute Gasteiger partial charge is 0.329 e. The third kappa shape index (κ3) is 6.29. The van der Waals surface area contributed by atoms with Crippen LogP contribution in [-0.4, -0.2) is 74.4 Å². The van der Waals surface area contributed by atoms with E-state index in [0.717, 1.165) is 55.8 Å². The van der Waals surface area contributed by atoms with Gasteiger partial charge >= 0.3 is 6.03 Å². The summed E-state index contributed by atoms with van der Waals surface area (Å²) in [6, 6.07) is 17.2.